The molecule has 1 aliphatic rings. The molecule has 1 atom stereocenters. The van der Waals surface area contributed by atoms with E-state index in [0.29, 0.717) is 12.6 Å². The first kappa shape index (κ1) is 14.8. The molecule has 0 bridgehead atoms. The highest BCUT2D eigenvalue weighted by Gasteiger charge is 2.13. The summed E-state index contributed by atoms with van der Waals surface area (Å²) in [6.45, 7) is 7.54. The average molecular weight is 327 g/mol. The summed E-state index contributed by atoms with van der Waals surface area (Å²) in [6.07, 6.45) is 2.72. The van der Waals surface area contributed by atoms with Gasteiger partial charge in [-0.15, -0.1) is 0 Å². The zero-order valence-electron chi connectivity index (χ0n) is 11.6. The van der Waals surface area contributed by atoms with Gasteiger partial charge in [0.25, 0.3) is 0 Å². The lowest BCUT2D eigenvalue weighted by molar-refractivity contribution is 0.273. The van der Waals surface area contributed by atoms with E-state index in [0.717, 1.165) is 23.3 Å². The van der Waals surface area contributed by atoms with Crippen molar-refractivity contribution in [2.24, 2.45) is 0 Å². The molecule has 1 fully saturated rings. The molecule has 106 valence electrons. The summed E-state index contributed by atoms with van der Waals surface area (Å²) in [4.78, 5) is 2.53. The smallest absolute Gasteiger partial charge is 0.119 e. The quantitative estimate of drug-likeness (QED) is 0.780. The van der Waals surface area contributed by atoms with Crippen LogP contribution in [0.2, 0.25) is 0 Å². The van der Waals surface area contributed by atoms with Crippen molar-refractivity contribution in [3.05, 3.63) is 28.7 Å². The van der Waals surface area contributed by atoms with Gasteiger partial charge in [-0.1, -0.05) is 15.9 Å². The number of halogens is 1. The molecule has 0 aromatic heterocycles. The van der Waals surface area contributed by atoms with Crippen molar-refractivity contribution in [1.29, 1.82) is 0 Å². The van der Waals surface area contributed by atoms with Crippen molar-refractivity contribution in [1.82, 2.24) is 10.2 Å². The van der Waals surface area contributed by atoms with Crippen molar-refractivity contribution in [3.63, 3.8) is 0 Å². The molecule has 1 heterocycles. The van der Waals surface area contributed by atoms with Crippen molar-refractivity contribution in [2.75, 3.05) is 32.8 Å². The topological polar surface area (TPSA) is 24.5 Å². The Morgan fingerprint density at radius 3 is 2.63 bits per heavy atom. The molecule has 0 radical (unpaired) electrons. The van der Waals surface area contributed by atoms with Gasteiger partial charge in [0.1, 0.15) is 12.4 Å². The van der Waals surface area contributed by atoms with Gasteiger partial charge in [0, 0.05) is 23.6 Å². The molecule has 1 unspecified atom stereocenters. The fraction of sp³-hybridized carbons (Fsp3) is 0.600. The lowest BCUT2D eigenvalue weighted by atomic mass is 10.3. The third-order valence-corrected chi connectivity index (χ3v) is 3.94. The van der Waals surface area contributed by atoms with Gasteiger partial charge in [0.05, 0.1) is 0 Å². The maximum atomic E-state index is 5.68. The molecule has 1 aliphatic heterocycles. The summed E-state index contributed by atoms with van der Waals surface area (Å²) in [5, 5.41) is 3.52. The Hall–Kier alpha value is -0.580. The molecule has 3 nitrogen and oxygen atoms in total. The molecule has 0 spiro atoms. The normalized spacial score (nSPS) is 17.6. The van der Waals surface area contributed by atoms with Crippen LogP contribution in [0.1, 0.15) is 19.8 Å². The monoisotopic (exact) mass is 326 g/mol. The number of benzene rings is 1. The fourth-order valence-corrected chi connectivity index (χ4v) is 2.69. The van der Waals surface area contributed by atoms with Gasteiger partial charge in [0.15, 0.2) is 0 Å². The predicted molar refractivity (Wildman–Crippen MR) is 82.8 cm³/mol. The summed E-state index contributed by atoms with van der Waals surface area (Å²) in [5.41, 5.74) is 0. The molecular weight excluding hydrogens is 304 g/mol. The van der Waals surface area contributed by atoms with E-state index in [-0.39, 0.29) is 0 Å². The molecule has 0 saturated carbocycles. The SMILES string of the molecule is CC(CN1CCCC1)NCCOc1ccc(Br)cc1. The summed E-state index contributed by atoms with van der Waals surface area (Å²) < 4.78 is 6.77. The molecule has 1 N–H and O–H groups in total. The van der Waals surface area contributed by atoms with Gasteiger partial charge in [0.2, 0.25) is 0 Å². The van der Waals surface area contributed by atoms with Crippen molar-refractivity contribution >= 4 is 15.9 Å². The Kier molecular flexibility index (Phi) is 6.14. The number of nitrogens with zero attached hydrogens (tertiary/aromatic N) is 1. The highest BCUT2D eigenvalue weighted by Crippen LogP contribution is 2.15. The van der Waals surface area contributed by atoms with E-state index in [1.54, 1.807) is 0 Å². The van der Waals surface area contributed by atoms with Gasteiger partial charge in [-0.3, -0.25) is 0 Å². The number of likely N-dealkylation sites (tertiary alicyclic amines) is 1. The zero-order chi connectivity index (χ0) is 13.5. The summed E-state index contributed by atoms with van der Waals surface area (Å²) in [5.74, 6) is 0.928. The van der Waals surface area contributed by atoms with Crippen molar-refractivity contribution in [3.8, 4) is 5.75 Å². The Labute approximate surface area is 124 Å². The fourth-order valence-electron chi connectivity index (χ4n) is 2.42. The summed E-state index contributed by atoms with van der Waals surface area (Å²) in [6, 6.07) is 8.50. The maximum absolute atomic E-state index is 5.68. The van der Waals surface area contributed by atoms with Crippen LogP contribution in [-0.4, -0.2) is 43.7 Å². The Balaban J connectivity index is 1.57. The molecule has 19 heavy (non-hydrogen) atoms. The molecule has 0 amide bonds. The number of nitrogens with one attached hydrogen (secondary N) is 1. The van der Waals surface area contributed by atoms with Crippen LogP contribution in [-0.2, 0) is 0 Å². The first-order chi connectivity index (χ1) is 9.24. The van der Waals surface area contributed by atoms with Gasteiger partial charge in [-0.05, 0) is 57.1 Å². The second kappa shape index (κ2) is 7.88. The minimum Gasteiger partial charge on any atom is -0.492 e. The van der Waals surface area contributed by atoms with Crippen molar-refractivity contribution in [2.45, 2.75) is 25.8 Å². The Bertz CT molecular complexity index is 363. The third-order valence-electron chi connectivity index (χ3n) is 3.41. The third kappa shape index (κ3) is 5.51. The van der Waals surface area contributed by atoms with E-state index in [9.17, 15) is 0 Å². The minimum absolute atomic E-state index is 0.534. The van der Waals surface area contributed by atoms with Gasteiger partial charge in [-0.2, -0.15) is 0 Å². The molecule has 4 heteroatoms. The first-order valence-electron chi connectivity index (χ1n) is 7.08. The van der Waals surface area contributed by atoms with Crippen LogP contribution < -0.4 is 10.1 Å². The highest BCUT2D eigenvalue weighted by atomic mass is 79.9. The van der Waals surface area contributed by atoms with Crippen LogP contribution in [0.3, 0.4) is 0 Å². The lowest BCUT2D eigenvalue weighted by Gasteiger charge is -2.21. The molecule has 0 aliphatic carbocycles. The van der Waals surface area contributed by atoms with Crippen LogP contribution in [0.5, 0.6) is 5.75 Å². The predicted octanol–water partition coefficient (Wildman–Crippen LogP) is 2.90. The largest absolute Gasteiger partial charge is 0.492 e. The van der Waals surface area contributed by atoms with Crippen LogP contribution in [0.15, 0.2) is 28.7 Å². The van der Waals surface area contributed by atoms with Crippen LogP contribution in [0.25, 0.3) is 0 Å². The van der Waals surface area contributed by atoms with Crippen LogP contribution in [0, 0.1) is 0 Å². The number of ether oxygens (including phenoxy) is 1. The van der Waals surface area contributed by atoms with E-state index >= 15 is 0 Å². The van der Waals surface area contributed by atoms with Gasteiger partial charge < -0.3 is 15.0 Å². The molecule has 1 saturated heterocycles. The van der Waals surface area contributed by atoms with E-state index in [4.69, 9.17) is 4.74 Å². The lowest BCUT2D eigenvalue weighted by Crippen LogP contribution is -2.39. The standard InChI is InChI=1S/C15H23BrN2O/c1-13(12-18-9-2-3-10-18)17-8-11-19-15-6-4-14(16)5-7-15/h4-7,13,17H,2-3,8-12H2,1H3. The summed E-state index contributed by atoms with van der Waals surface area (Å²) in [7, 11) is 0. The highest BCUT2D eigenvalue weighted by molar-refractivity contribution is 9.10. The number of hydrogen-bond acceptors (Lipinski definition) is 3. The minimum atomic E-state index is 0.534. The van der Waals surface area contributed by atoms with Gasteiger partial charge >= 0.3 is 0 Å². The second-order valence-corrected chi connectivity index (χ2v) is 6.08. The van der Waals surface area contributed by atoms with E-state index in [2.05, 4.69) is 33.1 Å². The van der Waals surface area contributed by atoms with Crippen molar-refractivity contribution < 1.29 is 4.74 Å². The number of rotatable bonds is 7. The second-order valence-electron chi connectivity index (χ2n) is 5.17. The zero-order valence-corrected chi connectivity index (χ0v) is 13.2. The van der Waals surface area contributed by atoms with Crippen LogP contribution in [0.4, 0.5) is 0 Å². The molecular formula is C15H23BrN2O. The molecule has 2 rings (SSSR count). The number of hydrogen-bond donors (Lipinski definition) is 1. The Morgan fingerprint density at radius 2 is 1.95 bits per heavy atom. The average Bonchev–Trinajstić information content (AvgIpc) is 2.89. The van der Waals surface area contributed by atoms with E-state index in [1.807, 2.05) is 24.3 Å². The van der Waals surface area contributed by atoms with Gasteiger partial charge in [-0.25, -0.2) is 0 Å². The summed E-state index contributed by atoms with van der Waals surface area (Å²) >= 11 is 3.42. The van der Waals surface area contributed by atoms with E-state index in [1.165, 1.54) is 25.9 Å². The maximum Gasteiger partial charge on any atom is 0.119 e. The Morgan fingerprint density at radius 1 is 1.26 bits per heavy atom. The van der Waals surface area contributed by atoms with E-state index < -0.39 is 0 Å². The first-order valence-corrected chi connectivity index (χ1v) is 7.87. The molecule has 1 aromatic rings. The molecule has 1 aromatic carbocycles. The van der Waals surface area contributed by atoms with Crippen LogP contribution >= 0.6 is 15.9 Å².